The van der Waals surface area contributed by atoms with Crippen molar-refractivity contribution in [2.24, 2.45) is 0 Å². The maximum Gasteiger partial charge on any atom is 0.157 e. The van der Waals surface area contributed by atoms with E-state index >= 15 is 0 Å². The molecule has 5 heteroatoms. The van der Waals surface area contributed by atoms with E-state index in [0.717, 1.165) is 27.2 Å². The number of rotatable bonds is 10. The molecule has 0 bridgehead atoms. The van der Waals surface area contributed by atoms with Crippen LogP contribution in [-0.4, -0.2) is 29.9 Å². The Morgan fingerprint density at radius 3 is 1.80 bits per heavy atom. The van der Waals surface area contributed by atoms with Gasteiger partial charge in [0.15, 0.2) is 6.10 Å². The summed E-state index contributed by atoms with van der Waals surface area (Å²) >= 11 is 1.66. The molecule has 0 aliphatic carbocycles. The van der Waals surface area contributed by atoms with Crippen LogP contribution >= 0.6 is 11.8 Å². The molecule has 0 amide bonds. The van der Waals surface area contributed by atoms with E-state index in [2.05, 4.69) is 73.7 Å². The van der Waals surface area contributed by atoms with Crippen molar-refractivity contribution in [2.45, 2.75) is 54.9 Å². The monoisotopic (exact) mass is 562 g/mol. The lowest BCUT2D eigenvalue weighted by molar-refractivity contribution is -0.219. The van der Waals surface area contributed by atoms with Crippen LogP contribution in [-0.2, 0) is 27.4 Å². The van der Waals surface area contributed by atoms with Crippen molar-refractivity contribution in [1.29, 1.82) is 0 Å². The van der Waals surface area contributed by atoms with E-state index in [1.165, 1.54) is 5.39 Å². The van der Waals surface area contributed by atoms with Gasteiger partial charge in [0.2, 0.25) is 0 Å². The average molecular weight is 563 g/mol. The van der Waals surface area contributed by atoms with Crippen LogP contribution in [0.25, 0.3) is 10.8 Å². The molecule has 0 N–H and O–H groups in total. The summed E-state index contributed by atoms with van der Waals surface area (Å²) in [5.74, 6) is 0.785. The lowest BCUT2D eigenvalue weighted by Gasteiger charge is -2.45. The van der Waals surface area contributed by atoms with Crippen LogP contribution < -0.4 is 4.74 Å². The van der Waals surface area contributed by atoms with Crippen LogP contribution in [0.4, 0.5) is 0 Å². The maximum absolute atomic E-state index is 6.86. The number of hydrogen-bond donors (Lipinski definition) is 0. The molecule has 1 saturated heterocycles. The molecule has 0 radical (unpaired) electrons. The Morgan fingerprint density at radius 1 is 0.585 bits per heavy atom. The van der Waals surface area contributed by atoms with Crippen molar-refractivity contribution in [3.05, 3.63) is 145 Å². The second kappa shape index (κ2) is 13.4. The van der Waals surface area contributed by atoms with Crippen LogP contribution in [0.15, 0.2) is 138 Å². The molecule has 0 spiro atoms. The molecule has 1 heterocycles. The van der Waals surface area contributed by atoms with E-state index < -0.39 is 12.2 Å². The highest BCUT2D eigenvalue weighted by atomic mass is 32.2. The third kappa shape index (κ3) is 7.00. The summed E-state index contributed by atoms with van der Waals surface area (Å²) in [6.07, 6.45) is -1.38. The van der Waals surface area contributed by atoms with Crippen molar-refractivity contribution in [2.75, 3.05) is 0 Å². The number of benzene rings is 5. The second-order valence-corrected chi connectivity index (χ2v) is 11.4. The van der Waals surface area contributed by atoms with Gasteiger partial charge in [-0.15, -0.1) is 0 Å². The van der Waals surface area contributed by atoms with Gasteiger partial charge in [0, 0.05) is 4.90 Å². The molecule has 208 valence electrons. The maximum atomic E-state index is 6.86. The van der Waals surface area contributed by atoms with Crippen LogP contribution in [0, 0.1) is 0 Å². The largest absolute Gasteiger partial charge is 0.485 e. The first kappa shape index (κ1) is 27.6. The Labute approximate surface area is 246 Å². The quantitative estimate of drug-likeness (QED) is 0.171. The van der Waals surface area contributed by atoms with Gasteiger partial charge in [-0.05, 0) is 53.1 Å². The van der Waals surface area contributed by atoms with Gasteiger partial charge in [-0.2, -0.15) is 0 Å². The molecule has 0 aromatic heterocycles. The van der Waals surface area contributed by atoms with Crippen LogP contribution in [0.5, 0.6) is 5.75 Å². The van der Waals surface area contributed by atoms with E-state index in [0.29, 0.717) is 13.2 Å². The SMILES string of the molecule is C[C@@H]1O[C@@H](Sc2ccccc2)[C@@H](OCc2ccccc2)[C@H](Oc2ccc3ccccc3c2)[C@@H]1OCc1ccccc1. The Kier molecular flexibility index (Phi) is 8.98. The molecule has 4 nitrogen and oxygen atoms in total. The van der Waals surface area contributed by atoms with E-state index in [1.54, 1.807) is 11.8 Å². The fraction of sp³-hybridized carbons (Fsp3) is 0.222. The zero-order valence-corrected chi connectivity index (χ0v) is 23.9. The Balaban J connectivity index is 1.33. The van der Waals surface area contributed by atoms with E-state index in [-0.39, 0.29) is 17.6 Å². The van der Waals surface area contributed by atoms with Gasteiger partial charge in [-0.1, -0.05) is 121 Å². The highest BCUT2D eigenvalue weighted by Gasteiger charge is 2.48. The summed E-state index contributed by atoms with van der Waals surface area (Å²) in [6, 6.07) is 45.3. The number of thioether (sulfide) groups is 1. The first-order valence-corrected chi connectivity index (χ1v) is 14.9. The molecular formula is C36H34O4S. The summed E-state index contributed by atoms with van der Waals surface area (Å²) in [6.45, 7) is 2.97. The number of fused-ring (bicyclic) bond motifs is 1. The van der Waals surface area contributed by atoms with E-state index in [1.807, 2.05) is 66.7 Å². The molecule has 41 heavy (non-hydrogen) atoms. The molecular weight excluding hydrogens is 528 g/mol. The molecule has 6 rings (SSSR count). The van der Waals surface area contributed by atoms with Crippen molar-refractivity contribution >= 4 is 22.5 Å². The summed E-state index contributed by atoms with van der Waals surface area (Å²) in [7, 11) is 0. The Morgan fingerprint density at radius 2 is 1.15 bits per heavy atom. The van der Waals surface area contributed by atoms with Gasteiger partial charge < -0.3 is 18.9 Å². The topological polar surface area (TPSA) is 36.9 Å². The van der Waals surface area contributed by atoms with Crippen LogP contribution in [0.2, 0.25) is 0 Å². The highest BCUT2D eigenvalue weighted by Crippen LogP contribution is 2.38. The molecule has 0 unspecified atom stereocenters. The minimum absolute atomic E-state index is 0.220. The third-order valence-corrected chi connectivity index (χ3v) is 8.44. The van der Waals surface area contributed by atoms with Crippen LogP contribution in [0.3, 0.4) is 0 Å². The van der Waals surface area contributed by atoms with Crippen molar-refractivity contribution in [3.63, 3.8) is 0 Å². The standard InChI is InChI=1S/C36H34O4S/c1-26-33(37-24-27-13-5-2-6-14-27)34(40-31-22-21-29-17-11-12-18-30(29)23-31)35(38-25-28-15-7-3-8-16-28)36(39-26)41-32-19-9-4-10-20-32/h2-23,26,33-36H,24-25H2,1H3/t26-,33+,34+,35-,36-/m0/s1. The average Bonchev–Trinajstić information content (AvgIpc) is 3.02. The fourth-order valence-corrected chi connectivity index (χ4v) is 6.35. The Bertz CT molecular complexity index is 1510. The lowest BCUT2D eigenvalue weighted by Crippen LogP contribution is -2.59. The molecule has 1 aliphatic heterocycles. The van der Waals surface area contributed by atoms with Gasteiger partial charge in [0.05, 0.1) is 19.3 Å². The van der Waals surface area contributed by atoms with Gasteiger partial charge in [-0.25, -0.2) is 0 Å². The van der Waals surface area contributed by atoms with Crippen molar-refractivity contribution in [1.82, 2.24) is 0 Å². The second-order valence-electron chi connectivity index (χ2n) is 10.3. The molecule has 0 saturated carbocycles. The van der Waals surface area contributed by atoms with Crippen molar-refractivity contribution in [3.8, 4) is 5.75 Å². The minimum atomic E-state index is -0.409. The Hall–Kier alpha value is -3.61. The zero-order chi connectivity index (χ0) is 27.9. The van der Waals surface area contributed by atoms with Gasteiger partial charge >= 0.3 is 0 Å². The fourth-order valence-electron chi connectivity index (χ4n) is 5.17. The normalized spacial score (nSPS) is 22.4. The lowest BCUT2D eigenvalue weighted by atomic mass is 9.99. The van der Waals surface area contributed by atoms with E-state index in [4.69, 9.17) is 18.9 Å². The van der Waals surface area contributed by atoms with Crippen LogP contribution in [0.1, 0.15) is 18.1 Å². The summed E-state index contributed by atoms with van der Waals surface area (Å²) in [5, 5.41) is 2.30. The van der Waals surface area contributed by atoms with Gasteiger partial charge in [-0.3, -0.25) is 0 Å². The van der Waals surface area contributed by atoms with Gasteiger partial charge in [0.25, 0.3) is 0 Å². The summed E-state index contributed by atoms with van der Waals surface area (Å²) in [5.41, 5.74) is 1.91. The summed E-state index contributed by atoms with van der Waals surface area (Å²) < 4.78 is 26.8. The highest BCUT2D eigenvalue weighted by molar-refractivity contribution is 7.99. The predicted molar refractivity (Wildman–Crippen MR) is 165 cm³/mol. The van der Waals surface area contributed by atoms with Crippen molar-refractivity contribution < 1.29 is 18.9 Å². The first-order chi connectivity index (χ1) is 20.2. The predicted octanol–water partition coefficient (Wildman–Crippen LogP) is 8.30. The zero-order valence-electron chi connectivity index (χ0n) is 23.0. The first-order valence-electron chi connectivity index (χ1n) is 14.1. The molecule has 5 aromatic rings. The smallest absolute Gasteiger partial charge is 0.157 e. The number of ether oxygens (including phenoxy) is 4. The van der Waals surface area contributed by atoms with E-state index in [9.17, 15) is 0 Å². The minimum Gasteiger partial charge on any atom is -0.485 e. The third-order valence-electron chi connectivity index (χ3n) is 7.29. The molecule has 1 aliphatic rings. The summed E-state index contributed by atoms with van der Waals surface area (Å²) in [4.78, 5) is 1.12. The molecule has 1 fully saturated rings. The number of hydrogen-bond acceptors (Lipinski definition) is 5. The van der Waals surface area contributed by atoms with Gasteiger partial charge in [0.1, 0.15) is 23.4 Å². The molecule has 5 atom stereocenters. The molecule has 5 aromatic carbocycles.